The van der Waals surface area contributed by atoms with Crippen molar-refractivity contribution >= 4 is 16.7 Å². The first-order valence-corrected chi connectivity index (χ1v) is 7.14. The lowest BCUT2D eigenvalue weighted by Crippen LogP contribution is -2.35. The maximum atomic E-state index is 12.2. The van der Waals surface area contributed by atoms with Gasteiger partial charge in [0.2, 0.25) is 0 Å². The maximum Gasteiger partial charge on any atom is 0.260 e. The summed E-state index contributed by atoms with van der Waals surface area (Å²) in [5.41, 5.74) is 0.968. The van der Waals surface area contributed by atoms with Gasteiger partial charge in [-0.3, -0.25) is 4.79 Å². The Morgan fingerprint density at radius 2 is 1.90 bits per heavy atom. The van der Waals surface area contributed by atoms with Crippen molar-refractivity contribution in [1.29, 1.82) is 0 Å². The molecule has 0 heterocycles. The average Bonchev–Trinajstić information content (AvgIpc) is 2.50. The van der Waals surface area contributed by atoms with Crippen LogP contribution >= 0.6 is 0 Å². The van der Waals surface area contributed by atoms with Gasteiger partial charge in [-0.2, -0.15) is 0 Å². The Morgan fingerprint density at radius 3 is 2.62 bits per heavy atom. The van der Waals surface area contributed by atoms with E-state index in [-0.39, 0.29) is 12.5 Å². The topological polar surface area (TPSA) is 29.5 Å². The van der Waals surface area contributed by atoms with Crippen molar-refractivity contribution in [2.45, 2.75) is 13.8 Å². The molecule has 0 saturated carbocycles. The number of rotatable bonds is 6. The van der Waals surface area contributed by atoms with Crippen molar-refractivity contribution < 1.29 is 9.53 Å². The molecule has 110 valence electrons. The second kappa shape index (κ2) is 6.93. The zero-order valence-electron chi connectivity index (χ0n) is 12.6. The lowest BCUT2D eigenvalue weighted by atomic mass is 10.1. The molecule has 3 nitrogen and oxygen atoms in total. The monoisotopic (exact) mass is 283 g/mol. The molecule has 0 atom stereocenters. The van der Waals surface area contributed by atoms with E-state index in [0.29, 0.717) is 13.1 Å². The van der Waals surface area contributed by atoms with Gasteiger partial charge in [0.15, 0.2) is 6.61 Å². The number of benzene rings is 2. The Bertz CT molecular complexity index is 643. The summed E-state index contributed by atoms with van der Waals surface area (Å²) < 4.78 is 5.72. The van der Waals surface area contributed by atoms with Crippen molar-refractivity contribution in [3.05, 3.63) is 54.6 Å². The van der Waals surface area contributed by atoms with Crippen LogP contribution in [0.2, 0.25) is 0 Å². The van der Waals surface area contributed by atoms with Gasteiger partial charge >= 0.3 is 0 Å². The quantitative estimate of drug-likeness (QED) is 0.757. The van der Waals surface area contributed by atoms with E-state index in [1.54, 1.807) is 4.90 Å². The molecule has 0 aliphatic heterocycles. The lowest BCUT2D eigenvalue weighted by molar-refractivity contribution is -0.132. The fourth-order valence-corrected chi connectivity index (χ4v) is 2.25. The number of likely N-dealkylation sites (N-methyl/N-ethyl adjacent to an activating group) is 1. The Balaban J connectivity index is 2.07. The second-order valence-electron chi connectivity index (χ2n) is 5.13. The SMILES string of the molecule is C=C(C)CN(CC)C(=O)COc1cccc2ccccc12. The van der Waals surface area contributed by atoms with Crippen molar-refractivity contribution in [2.24, 2.45) is 0 Å². The van der Waals surface area contributed by atoms with Crippen LogP contribution in [0.15, 0.2) is 54.6 Å². The maximum absolute atomic E-state index is 12.2. The molecule has 0 unspecified atom stereocenters. The van der Waals surface area contributed by atoms with Crippen LogP contribution in [0, 0.1) is 0 Å². The van der Waals surface area contributed by atoms with E-state index >= 15 is 0 Å². The standard InChI is InChI=1S/C18H21NO2/c1-4-19(12-14(2)3)18(20)13-21-17-11-7-9-15-8-5-6-10-16(15)17/h5-11H,2,4,12-13H2,1,3H3. The third-order valence-electron chi connectivity index (χ3n) is 3.30. The van der Waals surface area contributed by atoms with Crippen LogP contribution < -0.4 is 4.74 Å². The normalized spacial score (nSPS) is 10.4. The summed E-state index contributed by atoms with van der Waals surface area (Å²) in [5, 5.41) is 2.13. The third kappa shape index (κ3) is 3.85. The van der Waals surface area contributed by atoms with Crippen LogP contribution in [-0.4, -0.2) is 30.5 Å². The molecule has 2 rings (SSSR count). The van der Waals surface area contributed by atoms with E-state index in [9.17, 15) is 4.79 Å². The summed E-state index contributed by atoms with van der Waals surface area (Å²) in [6.07, 6.45) is 0. The van der Waals surface area contributed by atoms with E-state index in [4.69, 9.17) is 4.74 Å². The summed E-state index contributed by atoms with van der Waals surface area (Å²) in [5.74, 6) is 0.723. The molecule has 2 aromatic carbocycles. The number of carbonyl (C=O) groups is 1. The Labute approximate surface area is 125 Å². The van der Waals surface area contributed by atoms with Crippen molar-refractivity contribution in [2.75, 3.05) is 19.7 Å². The van der Waals surface area contributed by atoms with Gasteiger partial charge in [0.1, 0.15) is 5.75 Å². The minimum absolute atomic E-state index is 0.0200. The Kier molecular flexibility index (Phi) is 4.99. The van der Waals surface area contributed by atoms with Crippen molar-refractivity contribution in [3.63, 3.8) is 0 Å². The molecule has 0 fully saturated rings. The summed E-state index contributed by atoms with van der Waals surface area (Å²) in [7, 11) is 0. The van der Waals surface area contributed by atoms with E-state index < -0.39 is 0 Å². The molecule has 0 saturated heterocycles. The molecule has 0 radical (unpaired) electrons. The van der Waals surface area contributed by atoms with E-state index in [1.165, 1.54) is 0 Å². The highest BCUT2D eigenvalue weighted by atomic mass is 16.5. The van der Waals surface area contributed by atoms with E-state index in [0.717, 1.165) is 22.1 Å². The number of nitrogens with zero attached hydrogens (tertiary/aromatic N) is 1. The lowest BCUT2D eigenvalue weighted by Gasteiger charge is -2.21. The number of hydrogen-bond acceptors (Lipinski definition) is 2. The highest BCUT2D eigenvalue weighted by Crippen LogP contribution is 2.25. The van der Waals surface area contributed by atoms with Gasteiger partial charge in [-0.15, -0.1) is 0 Å². The number of amides is 1. The average molecular weight is 283 g/mol. The number of fused-ring (bicyclic) bond motifs is 1. The third-order valence-corrected chi connectivity index (χ3v) is 3.30. The van der Waals surface area contributed by atoms with Gasteiger partial charge in [0.05, 0.1) is 0 Å². The van der Waals surface area contributed by atoms with Crippen LogP contribution in [0.25, 0.3) is 10.8 Å². The predicted octanol–water partition coefficient (Wildman–Crippen LogP) is 3.64. The van der Waals surface area contributed by atoms with Gasteiger partial charge in [-0.1, -0.05) is 48.6 Å². The number of carbonyl (C=O) groups excluding carboxylic acids is 1. The van der Waals surface area contributed by atoms with Gasteiger partial charge in [-0.05, 0) is 25.3 Å². The number of hydrogen-bond donors (Lipinski definition) is 0. The minimum atomic E-state index is -0.0200. The molecule has 3 heteroatoms. The first-order chi connectivity index (χ1) is 10.1. The largest absolute Gasteiger partial charge is 0.483 e. The van der Waals surface area contributed by atoms with Crippen LogP contribution in [-0.2, 0) is 4.79 Å². The van der Waals surface area contributed by atoms with Crippen molar-refractivity contribution in [1.82, 2.24) is 4.90 Å². The van der Waals surface area contributed by atoms with Crippen LogP contribution in [0.4, 0.5) is 0 Å². The summed E-state index contributed by atoms with van der Waals surface area (Å²) in [6, 6.07) is 13.9. The van der Waals surface area contributed by atoms with Crippen LogP contribution in [0.1, 0.15) is 13.8 Å². The second-order valence-corrected chi connectivity index (χ2v) is 5.13. The first kappa shape index (κ1) is 15.1. The Morgan fingerprint density at radius 1 is 1.19 bits per heavy atom. The first-order valence-electron chi connectivity index (χ1n) is 7.14. The van der Waals surface area contributed by atoms with Crippen molar-refractivity contribution in [3.8, 4) is 5.75 Å². The van der Waals surface area contributed by atoms with E-state index in [1.807, 2.05) is 56.3 Å². The molecule has 0 aliphatic rings. The van der Waals surface area contributed by atoms with E-state index in [2.05, 4.69) is 6.58 Å². The zero-order chi connectivity index (χ0) is 15.2. The molecule has 0 aromatic heterocycles. The summed E-state index contributed by atoms with van der Waals surface area (Å²) in [4.78, 5) is 13.9. The fourth-order valence-electron chi connectivity index (χ4n) is 2.25. The summed E-state index contributed by atoms with van der Waals surface area (Å²) in [6.45, 7) is 9.01. The van der Waals surface area contributed by atoms with Gasteiger partial charge in [-0.25, -0.2) is 0 Å². The van der Waals surface area contributed by atoms with Gasteiger partial charge in [0, 0.05) is 18.5 Å². The highest BCUT2D eigenvalue weighted by Gasteiger charge is 2.13. The molecular weight excluding hydrogens is 262 g/mol. The summed E-state index contributed by atoms with van der Waals surface area (Å²) >= 11 is 0. The molecule has 0 N–H and O–H groups in total. The van der Waals surface area contributed by atoms with Crippen LogP contribution in [0.5, 0.6) is 5.75 Å². The zero-order valence-corrected chi connectivity index (χ0v) is 12.6. The van der Waals surface area contributed by atoms with Crippen LogP contribution in [0.3, 0.4) is 0 Å². The molecule has 2 aromatic rings. The molecule has 0 bridgehead atoms. The predicted molar refractivity (Wildman–Crippen MR) is 86.5 cm³/mol. The highest BCUT2D eigenvalue weighted by molar-refractivity contribution is 5.88. The number of ether oxygens (including phenoxy) is 1. The van der Waals surface area contributed by atoms with Gasteiger partial charge in [0.25, 0.3) is 5.91 Å². The molecule has 0 aliphatic carbocycles. The molecule has 21 heavy (non-hydrogen) atoms. The molecule has 0 spiro atoms. The van der Waals surface area contributed by atoms with Gasteiger partial charge < -0.3 is 9.64 Å². The minimum Gasteiger partial charge on any atom is -0.483 e. The fraction of sp³-hybridized carbons (Fsp3) is 0.278. The molecular formula is C18H21NO2. The molecule has 1 amide bonds. The smallest absolute Gasteiger partial charge is 0.260 e. The Hall–Kier alpha value is -2.29.